The summed E-state index contributed by atoms with van der Waals surface area (Å²) in [7, 11) is 0. The first kappa shape index (κ1) is 18.6. The van der Waals surface area contributed by atoms with Crippen LogP contribution in [0.4, 0.5) is 5.69 Å². The zero-order chi connectivity index (χ0) is 18.4. The van der Waals surface area contributed by atoms with E-state index in [1.807, 2.05) is 39.0 Å². The zero-order valence-electron chi connectivity index (χ0n) is 15.0. The Morgan fingerprint density at radius 1 is 1.20 bits per heavy atom. The summed E-state index contributed by atoms with van der Waals surface area (Å²) in [6, 6.07) is 5.81. The molecule has 2 rings (SSSR count). The molecule has 0 atom stereocenters. The van der Waals surface area contributed by atoms with Gasteiger partial charge in [0, 0.05) is 18.7 Å². The number of hydrogen-bond donors (Lipinski definition) is 2. The molecular weight excluding hydrogens is 320 g/mol. The summed E-state index contributed by atoms with van der Waals surface area (Å²) in [6.45, 7) is 8.11. The molecule has 0 fully saturated rings. The SMILES string of the molecule is Cc1noc(CCCNC(=O)C(=O)Nc2c(C)cccc2C(C)C)n1. The van der Waals surface area contributed by atoms with Crippen LogP contribution in [0, 0.1) is 13.8 Å². The summed E-state index contributed by atoms with van der Waals surface area (Å²) < 4.78 is 4.99. The first-order chi connectivity index (χ1) is 11.9. The Hall–Kier alpha value is -2.70. The van der Waals surface area contributed by atoms with Crippen molar-refractivity contribution in [3.8, 4) is 0 Å². The molecular formula is C18H24N4O3. The van der Waals surface area contributed by atoms with Crippen LogP contribution in [0.3, 0.4) is 0 Å². The number of aromatic nitrogens is 2. The van der Waals surface area contributed by atoms with Gasteiger partial charge in [0.2, 0.25) is 5.89 Å². The van der Waals surface area contributed by atoms with Crippen molar-refractivity contribution in [2.75, 3.05) is 11.9 Å². The van der Waals surface area contributed by atoms with Gasteiger partial charge in [0.1, 0.15) is 0 Å². The first-order valence-electron chi connectivity index (χ1n) is 8.36. The van der Waals surface area contributed by atoms with Crippen molar-refractivity contribution >= 4 is 17.5 Å². The van der Waals surface area contributed by atoms with Crippen molar-refractivity contribution in [3.05, 3.63) is 41.0 Å². The zero-order valence-corrected chi connectivity index (χ0v) is 15.0. The van der Waals surface area contributed by atoms with E-state index in [0.717, 1.165) is 11.1 Å². The van der Waals surface area contributed by atoms with E-state index in [9.17, 15) is 9.59 Å². The van der Waals surface area contributed by atoms with Gasteiger partial charge in [-0.3, -0.25) is 9.59 Å². The van der Waals surface area contributed by atoms with Gasteiger partial charge in [-0.1, -0.05) is 37.2 Å². The fourth-order valence-corrected chi connectivity index (χ4v) is 2.48. The number of para-hydroxylation sites is 1. The lowest BCUT2D eigenvalue weighted by Crippen LogP contribution is -2.36. The molecule has 1 aromatic carbocycles. The number of aryl methyl sites for hydroxylation is 3. The Morgan fingerprint density at radius 2 is 1.96 bits per heavy atom. The van der Waals surface area contributed by atoms with Crippen LogP contribution in [-0.2, 0) is 16.0 Å². The summed E-state index contributed by atoms with van der Waals surface area (Å²) in [5, 5.41) is 9.04. The van der Waals surface area contributed by atoms with Crippen molar-refractivity contribution < 1.29 is 14.1 Å². The van der Waals surface area contributed by atoms with E-state index in [2.05, 4.69) is 20.8 Å². The molecule has 1 aromatic heterocycles. The van der Waals surface area contributed by atoms with E-state index in [1.165, 1.54) is 0 Å². The number of rotatable bonds is 6. The number of amides is 2. The molecule has 2 aromatic rings. The van der Waals surface area contributed by atoms with Crippen molar-refractivity contribution in [1.82, 2.24) is 15.5 Å². The van der Waals surface area contributed by atoms with Crippen molar-refractivity contribution in [2.24, 2.45) is 0 Å². The Labute approximate surface area is 147 Å². The standard InChI is InChI=1S/C18H24N4O3/c1-11(2)14-8-5-7-12(3)16(14)21-18(24)17(23)19-10-6-9-15-20-13(4)22-25-15/h5,7-8,11H,6,9-10H2,1-4H3,(H,19,23)(H,21,24). The lowest BCUT2D eigenvalue weighted by atomic mass is 9.98. The number of carbonyl (C=O) groups is 2. The van der Waals surface area contributed by atoms with Gasteiger partial charge in [-0.15, -0.1) is 0 Å². The maximum Gasteiger partial charge on any atom is 0.313 e. The highest BCUT2D eigenvalue weighted by Gasteiger charge is 2.17. The van der Waals surface area contributed by atoms with E-state index < -0.39 is 11.8 Å². The third kappa shape index (κ3) is 5.14. The predicted molar refractivity (Wildman–Crippen MR) is 94.3 cm³/mol. The fourth-order valence-electron chi connectivity index (χ4n) is 2.48. The highest BCUT2D eigenvalue weighted by atomic mass is 16.5. The average molecular weight is 344 g/mol. The molecule has 7 heteroatoms. The molecule has 0 unspecified atom stereocenters. The molecule has 0 spiro atoms. The molecule has 0 aliphatic heterocycles. The molecule has 134 valence electrons. The van der Waals surface area contributed by atoms with Gasteiger partial charge in [0.05, 0.1) is 0 Å². The minimum atomic E-state index is -0.662. The molecule has 1 heterocycles. The van der Waals surface area contributed by atoms with E-state index in [4.69, 9.17) is 4.52 Å². The topological polar surface area (TPSA) is 97.1 Å². The Morgan fingerprint density at radius 3 is 2.60 bits per heavy atom. The van der Waals surface area contributed by atoms with Crippen LogP contribution < -0.4 is 10.6 Å². The highest BCUT2D eigenvalue weighted by molar-refractivity contribution is 6.39. The average Bonchev–Trinajstić information content (AvgIpc) is 2.98. The number of hydrogen-bond acceptors (Lipinski definition) is 5. The number of carbonyl (C=O) groups excluding carboxylic acids is 2. The first-order valence-corrected chi connectivity index (χ1v) is 8.36. The number of nitrogens with zero attached hydrogens (tertiary/aromatic N) is 2. The summed E-state index contributed by atoms with van der Waals surface area (Å²) in [5.41, 5.74) is 2.64. The molecule has 2 N–H and O–H groups in total. The third-order valence-electron chi connectivity index (χ3n) is 3.79. The normalized spacial score (nSPS) is 10.8. The second-order valence-corrected chi connectivity index (χ2v) is 6.24. The second kappa shape index (κ2) is 8.41. The molecule has 0 aliphatic carbocycles. The van der Waals surface area contributed by atoms with Gasteiger partial charge in [0.15, 0.2) is 5.82 Å². The van der Waals surface area contributed by atoms with Gasteiger partial charge in [-0.2, -0.15) is 4.98 Å². The van der Waals surface area contributed by atoms with Crippen molar-refractivity contribution in [2.45, 2.75) is 46.5 Å². The second-order valence-electron chi connectivity index (χ2n) is 6.24. The van der Waals surface area contributed by atoms with E-state index >= 15 is 0 Å². The van der Waals surface area contributed by atoms with Crippen LogP contribution in [-0.4, -0.2) is 28.5 Å². The number of anilines is 1. The highest BCUT2D eigenvalue weighted by Crippen LogP contribution is 2.27. The van der Waals surface area contributed by atoms with Crippen LogP contribution in [0.2, 0.25) is 0 Å². The lowest BCUT2D eigenvalue weighted by Gasteiger charge is -2.16. The molecule has 0 saturated carbocycles. The van der Waals surface area contributed by atoms with Crippen LogP contribution in [0.5, 0.6) is 0 Å². The van der Waals surface area contributed by atoms with Crippen molar-refractivity contribution in [1.29, 1.82) is 0 Å². The van der Waals surface area contributed by atoms with Crippen molar-refractivity contribution in [3.63, 3.8) is 0 Å². The smallest absolute Gasteiger partial charge is 0.313 e. The fraction of sp³-hybridized carbons (Fsp3) is 0.444. The summed E-state index contributed by atoms with van der Waals surface area (Å²) in [6.07, 6.45) is 1.17. The quantitative estimate of drug-likeness (QED) is 0.620. The third-order valence-corrected chi connectivity index (χ3v) is 3.79. The van der Waals surface area contributed by atoms with E-state index in [1.54, 1.807) is 6.92 Å². The molecule has 2 amide bonds. The van der Waals surface area contributed by atoms with Crippen LogP contribution >= 0.6 is 0 Å². The van der Waals surface area contributed by atoms with E-state index in [0.29, 0.717) is 36.8 Å². The summed E-state index contributed by atoms with van der Waals surface area (Å²) in [5.74, 6) is 0.0379. The number of nitrogens with one attached hydrogen (secondary N) is 2. The summed E-state index contributed by atoms with van der Waals surface area (Å²) >= 11 is 0. The van der Waals surface area contributed by atoms with Crippen LogP contribution in [0.15, 0.2) is 22.7 Å². The van der Waals surface area contributed by atoms with Gasteiger partial charge in [0.25, 0.3) is 0 Å². The predicted octanol–water partition coefficient (Wildman–Crippen LogP) is 2.50. The van der Waals surface area contributed by atoms with E-state index in [-0.39, 0.29) is 5.92 Å². The Kier molecular flexibility index (Phi) is 6.27. The molecule has 0 radical (unpaired) electrons. The van der Waals surface area contributed by atoms with Gasteiger partial charge in [-0.05, 0) is 37.3 Å². The monoisotopic (exact) mass is 344 g/mol. The maximum absolute atomic E-state index is 12.1. The van der Waals surface area contributed by atoms with Gasteiger partial charge < -0.3 is 15.2 Å². The van der Waals surface area contributed by atoms with Crippen LogP contribution in [0.1, 0.15) is 49.0 Å². The molecule has 0 bridgehead atoms. The Balaban J connectivity index is 1.85. The molecule has 7 nitrogen and oxygen atoms in total. The lowest BCUT2D eigenvalue weighted by molar-refractivity contribution is -0.136. The minimum Gasteiger partial charge on any atom is -0.348 e. The minimum absolute atomic E-state index is 0.246. The molecule has 25 heavy (non-hydrogen) atoms. The van der Waals surface area contributed by atoms with Crippen LogP contribution in [0.25, 0.3) is 0 Å². The summed E-state index contributed by atoms with van der Waals surface area (Å²) in [4.78, 5) is 28.2. The number of benzene rings is 1. The molecule has 0 saturated heterocycles. The van der Waals surface area contributed by atoms with Gasteiger partial charge in [-0.25, -0.2) is 0 Å². The Bertz CT molecular complexity index is 753. The molecule has 0 aliphatic rings. The van der Waals surface area contributed by atoms with Gasteiger partial charge >= 0.3 is 11.8 Å². The largest absolute Gasteiger partial charge is 0.348 e. The maximum atomic E-state index is 12.1.